The highest BCUT2D eigenvalue weighted by molar-refractivity contribution is 5.79. The average molecular weight is 478 g/mol. The van der Waals surface area contributed by atoms with E-state index in [-0.39, 0.29) is 11.4 Å². The van der Waals surface area contributed by atoms with Crippen LogP contribution in [-0.2, 0) is 11.3 Å². The van der Waals surface area contributed by atoms with Crippen molar-refractivity contribution in [3.8, 4) is 0 Å². The smallest absolute Gasteiger partial charge is 0.253 e. The summed E-state index contributed by atoms with van der Waals surface area (Å²) in [5, 5.41) is 13.3. The Kier molecular flexibility index (Phi) is 6.56. The largest absolute Gasteiger partial charge is 0.383 e. The van der Waals surface area contributed by atoms with Crippen LogP contribution in [0.4, 0.5) is 10.1 Å². The predicted molar refractivity (Wildman–Crippen MR) is 131 cm³/mol. The van der Waals surface area contributed by atoms with Crippen molar-refractivity contribution in [2.24, 2.45) is 0 Å². The number of anilines is 1. The molecular formula is C25H28FN7O2. The van der Waals surface area contributed by atoms with E-state index in [9.17, 15) is 9.18 Å². The Labute approximate surface area is 202 Å². The molecule has 1 saturated heterocycles. The van der Waals surface area contributed by atoms with Crippen LogP contribution in [0.5, 0.6) is 0 Å². The molecular weight excluding hydrogens is 449 g/mol. The van der Waals surface area contributed by atoms with Gasteiger partial charge in [0.1, 0.15) is 11.9 Å². The number of hydrogen-bond donors (Lipinski definition) is 1. The van der Waals surface area contributed by atoms with Crippen molar-refractivity contribution in [2.45, 2.75) is 19.5 Å². The summed E-state index contributed by atoms with van der Waals surface area (Å²) in [6.07, 6.45) is 0. The maximum absolute atomic E-state index is 14.4. The molecule has 1 aliphatic rings. The SMILES string of the molecule is COCCn1nnnc1[C@H](c1cc2ccc(C)cc2[nH]c1=O)N1CCN(c2ccccc2F)CC1. The molecule has 1 fully saturated rings. The molecule has 0 amide bonds. The van der Waals surface area contributed by atoms with Crippen LogP contribution in [-0.4, -0.2) is 70.0 Å². The van der Waals surface area contributed by atoms with Gasteiger partial charge in [-0.05, 0) is 52.6 Å². The number of fused-ring (bicyclic) bond motifs is 1. The fourth-order valence-electron chi connectivity index (χ4n) is 4.71. The topological polar surface area (TPSA) is 92.2 Å². The number of methoxy groups -OCH3 is 1. The molecule has 0 spiro atoms. The van der Waals surface area contributed by atoms with Crippen LogP contribution in [0.3, 0.4) is 0 Å². The second-order valence-electron chi connectivity index (χ2n) is 8.77. The molecule has 182 valence electrons. The highest BCUT2D eigenvalue weighted by Gasteiger charge is 2.33. The van der Waals surface area contributed by atoms with Crippen molar-refractivity contribution in [3.63, 3.8) is 0 Å². The summed E-state index contributed by atoms with van der Waals surface area (Å²) in [4.78, 5) is 20.6. The summed E-state index contributed by atoms with van der Waals surface area (Å²) in [5.41, 5.74) is 2.86. The third kappa shape index (κ3) is 4.67. The van der Waals surface area contributed by atoms with Gasteiger partial charge in [0.25, 0.3) is 5.56 Å². The number of benzene rings is 2. The lowest BCUT2D eigenvalue weighted by atomic mass is 10.0. The quantitative estimate of drug-likeness (QED) is 0.437. The number of halogens is 1. The van der Waals surface area contributed by atoms with Crippen molar-refractivity contribution < 1.29 is 9.13 Å². The van der Waals surface area contributed by atoms with Crippen LogP contribution in [0.2, 0.25) is 0 Å². The van der Waals surface area contributed by atoms with E-state index in [1.54, 1.807) is 23.9 Å². The summed E-state index contributed by atoms with van der Waals surface area (Å²) in [6.45, 7) is 5.36. The summed E-state index contributed by atoms with van der Waals surface area (Å²) in [6, 6.07) is 14.3. The van der Waals surface area contributed by atoms with Crippen molar-refractivity contribution in [1.29, 1.82) is 0 Å². The van der Waals surface area contributed by atoms with Gasteiger partial charge in [-0.3, -0.25) is 9.69 Å². The van der Waals surface area contributed by atoms with E-state index < -0.39 is 6.04 Å². The number of nitrogens with one attached hydrogen (secondary N) is 1. The fraction of sp³-hybridized carbons (Fsp3) is 0.360. The number of aromatic nitrogens is 5. The van der Waals surface area contributed by atoms with E-state index in [0.717, 1.165) is 16.5 Å². The van der Waals surface area contributed by atoms with Crippen LogP contribution >= 0.6 is 0 Å². The van der Waals surface area contributed by atoms with Gasteiger partial charge in [0, 0.05) is 44.4 Å². The highest BCUT2D eigenvalue weighted by Crippen LogP contribution is 2.29. The van der Waals surface area contributed by atoms with Gasteiger partial charge in [-0.15, -0.1) is 5.10 Å². The standard InChI is InChI=1S/C25H28FN7O2/c1-17-7-8-18-16-19(25(34)27-21(18)15-17)23(24-28-29-30-33(24)13-14-35-2)32-11-9-31(10-12-32)22-6-4-3-5-20(22)26/h3-8,15-16,23H,9-14H2,1-2H3,(H,27,34)/t23-/m0/s1. The molecule has 0 saturated carbocycles. The first-order valence-corrected chi connectivity index (χ1v) is 11.7. The van der Waals surface area contributed by atoms with E-state index in [0.29, 0.717) is 56.4 Å². The van der Waals surface area contributed by atoms with Crippen LogP contribution < -0.4 is 10.5 Å². The molecule has 0 radical (unpaired) electrons. The second-order valence-corrected chi connectivity index (χ2v) is 8.77. The summed E-state index contributed by atoms with van der Waals surface area (Å²) in [5.74, 6) is 0.348. The van der Waals surface area contributed by atoms with Crippen molar-refractivity contribution in [1.82, 2.24) is 30.1 Å². The zero-order chi connectivity index (χ0) is 24.4. The molecule has 0 unspecified atom stereocenters. The van der Waals surface area contributed by atoms with Crippen LogP contribution in [0.25, 0.3) is 10.9 Å². The number of aryl methyl sites for hydroxylation is 1. The molecule has 1 atom stereocenters. The predicted octanol–water partition coefficient (Wildman–Crippen LogP) is 2.52. The summed E-state index contributed by atoms with van der Waals surface area (Å²) in [7, 11) is 1.62. The lowest BCUT2D eigenvalue weighted by molar-refractivity contribution is 0.171. The Morgan fingerprint density at radius 1 is 1.11 bits per heavy atom. The normalized spacial score (nSPS) is 15.6. The minimum Gasteiger partial charge on any atom is -0.383 e. The third-order valence-corrected chi connectivity index (χ3v) is 6.51. The zero-order valence-electron chi connectivity index (χ0n) is 19.8. The van der Waals surface area contributed by atoms with Gasteiger partial charge >= 0.3 is 0 Å². The van der Waals surface area contributed by atoms with Gasteiger partial charge < -0.3 is 14.6 Å². The van der Waals surface area contributed by atoms with Crippen LogP contribution in [0, 0.1) is 12.7 Å². The lowest BCUT2D eigenvalue weighted by Crippen LogP contribution is -2.49. The van der Waals surface area contributed by atoms with Gasteiger partial charge in [0.15, 0.2) is 5.82 Å². The number of pyridine rings is 1. The maximum atomic E-state index is 14.4. The van der Waals surface area contributed by atoms with Gasteiger partial charge in [0.2, 0.25) is 0 Å². The number of aromatic amines is 1. The summed E-state index contributed by atoms with van der Waals surface area (Å²) < 4.78 is 21.3. The van der Waals surface area contributed by atoms with Crippen molar-refractivity contribution in [3.05, 3.63) is 81.7 Å². The van der Waals surface area contributed by atoms with Gasteiger partial charge in [-0.1, -0.05) is 24.3 Å². The minimum atomic E-state index is -0.459. The molecule has 9 nitrogen and oxygen atoms in total. The second kappa shape index (κ2) is 9.93. The highest BCUT2D eigenvalue weighted by atomic mass is 19.1. The maximum Gasteiger partial charge on any atom is 0.253 e. The van der Waals surface area contributed by atoms with E-state index in [2.05, 4.69) is 25.4 Å². The first kappa shape index (κ1) is 23.1. The number of tetrazole rings is 1. The number of piperazine rings is 1. The number of rotatable bonds is 7. The van der Waals surface area contributed by atoms with E-state index in [1.807, 2.05) is 42.2 Å². The van der Waals surface area contributed by atoms with Crippen LogP contribution in [0.15, 0.2) is 53.3 Å². The Morgan fingerprint density at radius 3 is 2.69 bits per heavy atom. The molecule has 1 N–H and O–H groups in total. The molecule has 2 aromatic carbocycles. The number of H-pyrrole nitrogens is 1. The van der Waals surface area contributed by atoms with Crippen molar-refractivity contribution >= 4 is 16.6 Å². The minimum absolute atomic E-state index is 0.175. The van der Waals surface area contributed by atoms with Gasteiger partial charge in [-0.2, -0.15) is 0 Å². The third-order valence-electron chi connectivity index (χ3n) is 6.51. The van der Waals surface area contributed by atoms with Gasteiger partial charge in [-0.25, -0.2) is 9.07 Å². The number of ether oxygens (including phenoxy) is 1. The Bertz CT molecular complexity index is 1380. The lowest BCUT2D eigenvalue weighted by Gasteiger charge is -2.39. The first-order valence-electron chi connectivity index (χ1n) is 11.7. The molecule has 35 heavy (non-hydrogen) atoms. The van der Waals surface area contributed by atoms with E-state index in [1.165, 1.54) is 6.07 Å². The average Bonchev–Trinajstić information content (AvgIpc) is 3.32. The number of para-hydroxylation sites is 1. The Morgan fingerprint density at radius 2 is 1.91 bits per heavy atom. The number of hydrogen-bond acceptors (Lipinski definition) is 7. The van der Waals surface area contributed by atoms with E-state index >= 15 is 0 Å². The molecule has 4 aromatic rings. The molecule has 1 aliphatic heterocycles. The number of nitrogens with zero attached hydrogens (tertiary/aromatic N) is 6. The molecule has 5 rings (SSSR count). The Balaban J connectivity index is 1.52. The fourth-order valence-corrected chi connectivity index (χ4v) is 4.71. The molecule has 0 bridgehead atoms. The first-order chi connectivity index (χ1) is 17.0. The van der Waals surface area contributed by atoms with E-state index in [4.69, 9.17) is 4.74 Å². The molecule has 2 aromatic heterocycles. The van der Waals surface area contributed by atoms with Crippen molar-refractivity contribution in [2.75, 3.05) is 44.8 Å². The Hall–Kier alpha value is -3.63. The molecule has 0 aliphatic carbocycles. The van der Waals surface area contributed by atoms with Crippen LogP contribution in [0.1, 0.15) is 23.0 Å². The summed E-state index contributed by atoms with van der Waals surface area (Å²) >= 11 is 0. The molecule has 10 heteroatoms. The van der Waals surface area contributed by atoms with Gasteiger partial charge in [0.05, 0.1) is 18.8 Å². The molecule has 3 heterocycles. The zero-order valence-corrected chi connectivity index (χ0v) is 19.8. The monoisotopic (exact) mass is 477 g/mol.